The van der Waals surface area contributed by atoms with Crippen molar-refractivity contribution in [2.45, 2.75) is 46.5 Å². The van der Waals surface area contributed by atoms with Gasteiger partial charge in [0.05, 0.1) is 0 Å². The molecule has 0 spiro atoms. The predicted molar refractivity (Wildman–Crippen MR) is 62.7 cm³/mol. The summed E-state index contributed by atoms with van der Waals surface area (Å²) in [5, 5.41) is 3.29. The molecule has 0 aromatic carbocycles. The molecule has 0 aromatic heterocycles. The molecule has 2 nitrogen and oxygen atoms in total. The van der Waals surface area contributed by atoms with Gasteiger partial charge in [0.1, 0.15) is 0 Å². The van der Waals surface area contributed by atoms with Crippen LogP contribution >= 0.6 is 0 Å². The molecule has 0 radical (unpaired) electrons. The van der Waals surface area contributed by atoms with E-state index in [1.54, 1.807) is 0 Å². The van der Waals surface area contributed by atoms with Crippen LogP contribution in [-0.2, 0) is 4.74 Å². The van der Waals surface area contributed by atoms with Crippen LogP contribution < -0.4 is 5.32 Å². The molecule has 0 aliphatic carbocycles. The zero-order chi connectivity index (χ0) is 10.6. The molecule has 0 unspecified atom stereocenters. The summed E-state index contributed by atoms with van der Waals surface area (Å²) >= 11 is 0. The Morgan fingerprint density at radius 3 is 2.43 bits per heavy atom. The summed E-state index contributed by atoms with van der Waals surface area (Å²) in [5.74, 6) is 0.837. The molecule has 0 amide bonds. The average molecular weight is 201 g/mol. The van der Waals surface area contributed by atoms with E-state index in [0.717, 1.165) is 38.6 Å². The minimum absolute atomic E-state index is 0.837. The summed E-state index contributed by atoms with van der Waals surface area (Å²) in [7, 11) is 0. The maximum Gasteiger partial charge on any atom is 0.0478 e. The van der Waals surface area contributed by atoms with Crippen LogP contribution in [-0.4, -0.2) is 26.3 Å². The standard InChI is InChI=1S/C12H27NO/c1-4-13-9-7-11-14-10-6-5-8-12(2)3/h12-13H,4-11H2,1-3H3. The Bertz CT molecular complexity index is 104. The molecule has 0 fully saturated rings. The Kier molecular flexibility index (Phi) is 10.9. The van der Waals surface area contributed by atoms with Crippen LogP contribution in [0.2, 0.25) is 0 Å². The summed E-state index contributed by atoms with van der Waals surface area (Å²) < 4.78 is 5.52. The third kappa shape index (κ3) is 11.9. The lowest BCUT2D eigenvalue weighted by atomic mass is 10.1. The van der Waals surface area contributed by atoms with E-state index in [-0.39, 0.29) is 0 Å². The van der Waals surface area contributed by atoms with Gasteiger partial charge in [0.25, 0.3) is 0 Å². The summed E-state index contributed by atoms with van der Waals surface area (Å²) in [5.41, 5.74) is 0. The third-order valence-corrected chi connectivity index (χ3v) is 2.21. The molecule has 2 heteroatoms. The second kappa shape index (κ2) is 11.0. The molecule has 0 aliphatic rings. The second-order valence-electron chi connectivity index (χ2n) is 4.21. The molecule has 0 aliphatic heterocycles. The van der Waals surface area contributed by atoms with E-state index in [4.69, 9.17) is 4.74 Å². The number of nitrogens with one attached hydrogen (secondary N) is 1. The fourth-order valence-electron chi connectivity index (χ4n) is 1.33. The van der Waals surface area contributed by atoms with Gasteiger partial charge in [-0.05, 0) is 31.8 Å². The number of hydrogen-bond acceptors (Lipinski definition) is 2. The van der Waals surface area contributed by atoms with Crippen LogP contribution in [0.4, 0.5) is 0 Å². The van der Waals surface area contributed by atoms with Gasteiger partial charge in [-0.2, -0.15) is 0 Å². The highest BCUT2D eigenvalue weighted by Crippen LogP contribution is 2.05. The molecule has 0 bridgehead atoms. The van der Waals surface area contributed by atoms with Gasteiger partial charge >= 0.3 is 0 Å². The van der Waals surface area contributed by atoms with E-state index in [9.17, 15) is 0 Å². The summed E-state index contributed by atoms with van der Waals surface area (Å²) in [6, 6.07) is 0. The Morgan fingerprint density at radius 1 is 1.07 bits per heavy atom. The minimum atomic E-state index is 0.837. The molecule has 86 valence electrons. The van der Waals surface area contributed by atoms with Gasteiger partial charge in [-0.15, -0.1) is 0 Å². The van der Waals surface area contributed by atoms with Gasteiger partial charge in [0.2, 0.25) is 0 Å². The maximum absolute atomic E-state index is 5.52. The highest BCUT2D eigenvalue weighted by Gasteiger charge is 1.94. The highest BCUT2D eigenvalue weighted by atomic mass is 16.5. The number of rotatable bonds is 10. The van der Waals surface area contributed by atoms with E-state index in [1.165, 1.54) is 19.3 Å². The molecule has 0 saturated carbocycles. The second-order valence-corrected chi connectivity index (χ2v) is 4.21. The molecule has 0 aromatic rings. The zero-order valence-corrected chi connectivity index (χ0v) is 10.1. The molecular formula is C12H27NO. The lowest BCUT2D eigenvalue weighted by Gasteiger charge is -2.06. The first-order chi connectivity index (χ1) is 6.77. The van der Waals surface area contributed by atoms with Gasteiger partial charge in [0, 0.05) is 13.2 Å². The molecule has 0 atom stereocenters. The van der Waals surface area contributed by atoms with Gasteiger partial charge < -0.3 is 10.1 Å². The van der Waals surface area contributed by atoms with Crippen molar-refractivity contribution in [3.63, 3.8) is 0 Å². The largest absolute Gasteiger partial charge is 0.381 e. The lowest BCUT2D eigenvalue weighted by Crippen LogP contribution is -2.15. The van der Waals surface area contributed by atoms with Crippen LogP contribution in [0.15, 0.2) is 0 Å². The first-order valence-electron chi connectivity index (χ1n) is 6.05. The van der Waals surface area contributed by atoms with Gasteiger partial charge in [-0.3, -0.25) is 0 Å². The van der Waals surface area contributed by atoms with E-state index in [2.05, 4.69) is 26.1 Å². The van der Waals surface area contributed by atoms with Crippen molar-refractivity contribution in [2.75, 3.05) is 26.3 Å². The fourth-order valence-corrected chi connectivity index (χ4v) is 1.33. The van der Waals surface area contributed by atoms with Crippen molar-refractivity contribution < 1.29 is 4.74 Å². The zero-order valence-electron chi connectivity index (χ0n) is 10.1. The van der Waals surface area contributed by atoms with Crippen molar-refractivity contribution in [2.24, 2.45) is 5.92 Å². The molecule has 1 N–H and O–H groups in total. The predicted octanol–water partition coefficient (Wildman–Crippen LogP) is 2.83. The van der Waals surface area contributed by atoms with Gasteiger partial charge in [-0.25, -0.2) is 0 Å². The van der Waals surface area contributed by atoms with Crippen molar-refractivity contribution in [1.82, 2.24) is 5.32 Å². The molecule has 0 heterocycles. The Hall–Kier alpha value is -0.0800. The first-order valence-corrected chi connectivity index (χ1v) is 6.05. The summed E-state index contributed by atoms with van der Waals surface area (Å²) in [4.78, 5) is 0. The fraction of sp³-hybridized carbons (Fsp3) is 1.00. The topological polar surface area (TPSA) is 21.3 Å². The van der Waals surface area contributed by atoms with E-state index in [0.29, 0.717) is 0 Å². The summed E-state index contributed by atoms with van der Waals surface area (Å²) in [6.45, 7) is 10.7. The Morgan fingerprint density at radius 2 is 1.79 bits per heavy atom. The number of hydrogen-bond donors (Lipinski definition) is 1. The van der Waals surface area contributed by atoms with Crippen LogP contribution in [0.5, 0.6) is 0 Å². The minimum Gasteiger partial charge on any atom is -0.381 e. The summed E-state index contributed by atoms with van der Waals surface area (Å²) in [6.07, 6.45) is 5.00. The lowest BCUT2D eigenvalue weighted by molar-refractivity contribution is 0.127. The monoisotopic (exact) mass is 201 g/mol. The normalized spacial score (nSPS) is 11.1. The molecule has 0 rings (SSSR count). The van der Waals surface area contributed by atoms with Crippen molar-refractivity contribution in [1.29, 1.82) is 0 Å². The Balaban J connectivity index is 2.85. The van der Waals surface area contributed by atoms with E-state index >= 15 is 0 Å². The maximum atomic E-state index is 5.52. The quantitative estimate of drug-likeness (QED) is 0.549. The van der Waals surface area contributed by atoms with E-state index in [1.807, 2.05) is 0 Å². The first kappa shape index (κ1) is 13.9. The number of ether oxygens (including phenoxy) is 1. The average Bonchev–Trinajstić information content (AvgIpc) is 2.15. The molecule has 14 heavy (non-hydrogen) atoms. The molecular weight excluding hydrogens is 174 g/mol. The van der Waals surface area contributed by atoms with Crippen molar-refractivity contribution in [3.8, 4) is 0 Å². The van der Waals surface area contributed by atoms with Crippen molar-refractivity contribution in [3.05, 3.63) is 0 Å². The number of unbranched alkanes of at least 4 members (excludes halogenated alkanes) is 1. The van der Waals surface area contributed by atoms with Crippen LogP contribution in [0, 0.1) is 5.92 Å². The third-order valence-electron chi connectivity index (χ3n) is 2.21. The van der Waals surface area contributed by atoms with E-state index < -0.39 is 0 Å². The van der Waals surface area contributed by atoms with Crippen molar-refractivity contribution >= 4 is 0 Å². The highest BCUT2D eigenvalue weighted by molar-refractivity contribution is 4.47. The Labute approximate surface area is 89.4 Å². The molecule has 0 saturated heterocycles. The SMILES string of the molecule is CCNCCCOCCCCC(C)C. The smallest absolute Gasteiger partial charge is 0.0478 e. The van der Waals surface area contributed by atoms with Crippen LogP contribution in [0.3, 0.4) is 0 Å². The van der Waals surface area contributed by atoms with Crippen LogP contribution in [0.25, 0.3) is 0 Å². The van der Waals surface area contributed by atoms with Gasteiger partial charge in [-0.1, -0.05) is 33.6 Å². The van der Waals surface area contributed by atoms with Crippen LogP contribution in [0.1, 0.15) is 46.5 Å². The van der Waals surface area contributed by atoms with Gasteiger partial charge in [0.15, 0.2) is 0 Å².